The van der Waals surface area contributed by atoms with Crippen LogP contribution in [0.15, 0.2) is 12.7 Å². The summed E-state index contributed by atoms with van der Waals surface area (Å²) in [6.45, 7) is 8.40. The van der Waals surface area contributed by atoms with Gasteiger partial charge in [0.1, 0.15) is 0 Å². The van der Waals surface area contributed by atoms with Gasteiger partial charge >= 0.3 is 30.9 Å². The summed E-state index contributed by atoms with van der Waals surface area (Å²) >= 11 is 0. The topological polar surface area (TPSA) is 118 Å². The molecule has 0 aliphatic carbocycles. The molecule has 0 heterocycles. The first-order chi connectivity index (χ1) is 5.68. The second kappa shape index (κ2) is 15.6. The summed E-state index contributed by atoms with van der Waals surface area (Å²) < 4.78 is 8.88. The van der Waals surface area contributed by atoms with Gasteiger partial charge in [-0.15, -0.1) is 0 Å². The second-order valence-electron chi connectivity index (χ2n) is 1.54. The molecule has 14 heavy (non-hydrogen) atoms. The van der Waals surface area contributed by atoms with E-state index in [2.05, 4.69) is 13.5 Å². The monoisotopic (exact) mass is 236 g/mol. The van der Waals surface area contributed by atoms with Crippen molar-refractivity contribution in [3.8, 4) is 0 Å². The van der Waals surface area contributed by atoms with Crippen LogP contribution in [0.4, 0.5) is 0 Å². The van der Waals surface area contributed by atoms with E-state index in [1.54, 1.807) is 0 Å². The molecule has 0 bridgehead atoms. The Bertz CT molecular complexity index is 169. The molecule has 0 aliphatic rings. The first-order valence-electron chi connectivity index (χ1n) is 3.09. The van der Waals surface area contributed by atoms with Crippen molar-refractivity contribution in [3.63, 3.8) is 0 Å². The van der Waals surface area contributed by atoms with Gasteiger partial charge in [0.25, 0.3) is 0 Å². The molecule has 0 radical (unpaired) electrons. The zero-order valence-electron chi connectivity index (χ0n) is 7.92. The number of rotatable bonds is 1. The van der Waals surface area contributed by atoms with Crippen molar-refractivity contribution < 1.29 is 29.1 Å². The minimum atomic E-state index is -4.64. The molecule has 0 aromatic carbocycles. The van der Waals surface area contributed by atoms with Crippen LogP contribution in [-0.4, -0.2) is 43.7 Å². The molecule has 3 N–H and O–H groups in total. The summed E-state index contributed by atoms with van der Waals surface area (Å²) in [6, 6.07) is 0. The number of carboxylic acids is 1. The van der Waals surface area contributed by atoms with Gasteiger partial charge in [-0.2, -0.15) is 6.42 Å². The first kappa shape index (κ1) is 23.7. The molecular weight excluding hydrogens is 223 g/mol. The average Bonchev–Trinajstić information content (AvgIpc) is 1.85. The maximum absolute atomic E-state index is 9.14. The molecular formula is C6H13MgO6P. The maximum atomic E-state index is 9.14. The fraction of sp³-hybridized carbons (Fsp3) is 0.333. The number of carboxylic acid groups (broad SMARTS) is 1. The Kier molecular flexibility index (Phi) is 26.3. The molecule has 0 aliphatic heterocycles. The van der Waals surface area contributed by atoms with Gasteiger partial charge in [-0.25, -0.2) is 4.57 Å². The molecule has 0 rings (SSSR count). The van der Waals surface area contributed by atoms with Crippen LogP contribution in [0.2, 0.25) is 0 Å². The van der Waals surface area contributed by atoms with Crippen molar-refractivity contribution in [2.24, 2.45) is 0 Å². The van der Waals surface area contributed by atoms with Crippen LogP contribution in [0.5, 0.6) is 0 Å². The van der Waals surface area contributed by atoms with Crippen LogP contribution < -0.4 is 5.11 Å². The van der Waals surface area contributed by atoms with E-state index in [4.69, 9.17) is 29.1 Å². The molecule has 0 fully saturated rings. The molecule has 80 valence electrons. The van der Waals surface area contributed by atoms with Crippen LogP contribution in [-0.2, 0) is 9.36 Å². The van der Waals surface area contributed by atoms with Gasteiger partial charge in [-0.1, -0.05) is 13.5 Å². The third-order valence-electron chi connectivity index (χ3n) is 0.167. The van der Waals surface area contributed by atoms with Gasteiger partial charge in [0.15, 0.2) is 0 Å². The van der Waals surface area contributed by atoms with Crippen molar-refractivity contribution in [2.45, 2.75) is 13.3 Å². The number of hydrogen-bond acceptors (Lipinski definition) is 3. The zero-order valence-corrected chi connectivity index (χ0v) is 10.2. The van der Waals surface area contributed by atoms with E-state index >= 15 is 0 Å². The van der Waals surface area contributed by atoms with Crippen LogP contribution in [0.3, 0.4) is 0 Å². The molecule has 8 heteroatoms. The minimum absolute atomic E-state index is 0. The van der Waals surface area contributed by atoms with E-state index in [1.165, 1.54) is 0 Å². The number of carbonyl (C=O) groups excluding carboxylic acids is 1. The molecule has 0 spiro atoms. The molecule has 0 amide bonds. The Labute approximate surface area is 99.0 Å². The van der Waals surface area contributed by atoms with Crippen molar-refractivity contribution >= 4 is 36.8 Å². The maximum Gasteiger partial charge on any atom is 2.00 e. The standard InChI is InChI=1S/C3H4O2.C3H7.Mg.H3O4P/c1-2-3(4)5;1-3-2;;1-5(2,3)4/h2H,1H2,(H,4,5);1,3H2,2H3;;(H3,1,2,3,4)/q;-1;+2;/p-1. The average molecular weight is 236 g/mol. The summed E-state index contributed by atoms with van der Waals surface area (Å²) in [4.78, 5) is 30.7. The summed E-state index contributed by atoms with van der Waals surface area (Å²) in [5.74, 6) is -1.23. The summed E-state index contributed by atoms with van der Waals surface area (Å²) in [6.07, 6.45) is 1.72. The van der Waals surface area contributed by atoms with Gasteiger partial charge < -0.3 is 31.5 Å². The SMILES string of the molecule is C=CC(=O)[O-].O=P(O)(O)O.[CH2-]CC.[Mg+2]. The van der Waals surface area contributed by atoms with E-state index in [0.29, 0.717) is 0 Å². The number of hydrogen-bond donors (Lipinski definition) is 3. The fourth-order valence-electron chi connectivity index (χ4n) is 0. The summed E-state index contributed by atoms with van der Waals surface area (Å²) in [7, 11) is -4.64. The van der Waals surface area contributed by atoms with Crippen molar-refractivity contribution in [1.82, 2.24) is 0 Å². The Balaban J connectivity index is -0.0000000535. The predicted octanol–water partition coefficient (Wildman–Crippen LogP) is -1.16. The second-order valence-corrected chi connectivity index (χ2v) is 2.56. The van der Waals surface area contributed by atoms with Crippen LogP contribution in [0.25, 0.3) is 0 Å². The molecule has 0 saturated carbocycles. The number of aliphatic carboxylic acids is 1. The molecule has 0 saturated heterocycles. The number of phosphoric acid groups is 1. The van der Waals surface area contributed by atoms with Gasteiger partial charge in [0.05, 0.1) is 5.97 Å². The van der Waals surface area contributed by atoms with Crippen molar-refractivity contribution in [3.05, 3.63) is 19.6 Å². The van der Waals surface area contributed by atoms with E-state index in [9.17, 15) is 0 Å². The van der Waals surface area contributed by atoms with E-state index in [-0.39, 0.29) is 23.1 Å². The molecule has 0 unspecified atom stereocenters. The van der Waals surface area contributed by atoms with Crippen molar-refractivity contribution in [2.75, 3.05) is 0 Å². The van der Waals surface area contributed by atoms with Crippen LogP contribution in [0, 0.1) is 6.92 Å². The van der Waals surface area contributed by atoms with Crippen LogP contribution >= 0.6 is 7.82 Å². The van der Waals surface area contributed by atoms with Gasteiger partial charge in [0, 0.05) is 0 Å². The first-order valence-corrected chi connectivity index (χ1v) is 4.66. The minimum Gasteiger partial charge on any atom is -0.545 e. The summed E-state index contributed by atoms with van der Waals surface area (Å²) in [5, 5.41) is 9.14. The quantitative estimate of drug-likeness (QED) is 0.229. The van der Waals surface area contributed by atoms with E-state index in [0.717, 1.165) is 12.5 Å². The predicted molar refractivity (Wildman–Crippen MR) is 50.9 cm³/mol. The Hall–Kier alpha value is 0.0862. The van der Waals surface area contributed by atoms with E-state index in [1.807, 2.05) is 6.92 Å². The summed E-state index contributed by atoms with van der Waals surface area (Å²) in [5.41, 5.74) is 0. The molecule has 0 aromatic heterocycles. The zero-order chi connectivity index (χ0) is 11.5. The third kappa shape index (κ3) is 341. The largest absolute Gasteiger partial charge is 2.00 e. The van der Waals surface area contributed by atoms with Crippen LogP contribution in [0.1, 0.15) is 13.3 Å². The Morgan fingerprint density at radius 1 is 1.57 bits per heavy atom. The Morgan fingerprint density at radius 3 is 1.64 bits per heavy atom. The number of carbonyl (C=O) groups is 1. The molecule has 6 nitrogen and oxygen atoms in total. The van der Waals surface area contributed by atoms with Gasteiger partial charge in [0.2, 0.25) is 0 Å². The molecule has 0 atom stereocenters. The van der Waals surface area contributed by atoms with E-state index < -0.39 is 13.8 Å². The van der Waals surface area contributed by atoms with Gasteiger partial charge in [-0.05, 0) is 6.08 Å². The Morgan fingerprint density at radius 2 is 1.64 bits per heavy atom. The fourth-order valence-corrected chi connectivity index (χ4v) is 0. The van der Waals surface area contributed by atoms with Crippen molar-refractivity contribution in [1.29, 1.82) is 0 Å². The molecule has 0 aromatic rings. The van der Waals surface area contributed by atoms with Gasteiger partial charge in [-0.3, -0.25) is 0 Å². The smallest absolute Gasteiger partial charge is 0.545 e. The third-order valence-corrected chi connectivity index (χ3v) is 0.167. The normalized spacial score (nSPS) is 7.79.